The normalized spacial score (nSPS) is 18.9. The Bertz CT molecular complexity index is 793. The summed E-state index contributed by atoms with van der Waals surface area (Å²) < 4.78 is 0. The van der Waals surface area contributed by atoms with Crippen molar-refractivity contribution in [3.05, 3.63) is 47.8 Å². The number of hydrogen-bond acceptors (Lipinski definition) is 4. The predicted octanol–water partition coefficient (Wildman–Crippen LogP) is 1.34. The number of carbonyl (C=O) groups excluding carboxylic acids is 2. The van der Waals surface area contributed by atoms with Crippen molar-refractivity contribution in [1.82, 2.24) is 24.8 Å². The van der Waals surface area contributed by atoms with E-state index >= 15 is 0 Å². The number of amides is 2. The van der Waals surface area contributed by atoms with Crippen LogP contribution in [-0.2, 0) is 16.8 Å². The highest BCUT2D eigenvalue weighted by molar-refractivity contribution is 5.94. The fourth-order valence-electron chi connectivity index (χ4n) is 4.20. The lowest BCUT2D eigenvalue weighted by atomic mass is 9.78. The molecule has 4 heterocycles. The summed E-state index contributed by atoms with van der Waals surface area (Å²) in [6.45, 7) is 3.53. The van der Waals surface area contributed by atoms with Crippen LogP contribution in [0.5, 0.6) is 0 Å². The van der Waals surface area contributed by atoms with Crippen LogP contribution < -0.4 is 0 Å². The van der Waals surface area contributed by atoms with Crippen LogP contribution in [0.15, 0.2) is 30.9 Å². The number of piperidine rings is 1. The number of rotatable bonds is 1. The highest BCUT2D eigenvalue weighted by atomic mass is 16.2. The van der Waals surface area contributed by atoms with Crippen molar-refractivity contribution < 1.29 is 9.59 Å². The fourth-order valence-corrected chi connectivity index (χ4v) is 4.20. The van der Waals surface area contributed by atoms with E-state index in [1.807, 2.05) is 9.80 Å². The number of pyridine rings is 1. The molecule has 25 heavy (non-hydrogen) atoms. The highest BCUT2D eigenvalue weighted by Gasteiger charge is 2.48. The van der Waals surface area contributed by atoms with Crippen LogP contribution in [0.25, 0.3) is 0 Å². The van der Waals surface area contributed by atoms with Crippen LogP contribution in [0, 0.1) is 0 Å². The van der Waals surface area contributed by atoms with Gasteiger partial charge < -0.3 is 14.8 Å². The number of likely N-dealkylation sites (tertiary alicyclic amines) is 1. The number of carbonyl (C=O) groups is 2. The number of aromatic amines is 1. The summed E-state index contributed by atoms with van der Waals surface area (Å²) in [5.74, 6) is 0.0900. The Morgan fingerprint density at radius 2 is 1.88 bits per heavy atom. The molecule has 0 saturated carbocycles. The molecule has 0 bridgehead atoms. The van der Waals surface area contributed by atoms with Crippen molar-refractivity contribution in [1.29, 1.82) is 0 Å². The zero-order valence-corrected chi connectivity index (χ0v) is 14.2. The van der Waals surface area contributed by atoms with Crippen molar-refractivity contribution in [3.63, 3.8) is 0 Å². The molecule has 2 amide bonds. The molecule has 2 aliphatic rings. The number of nitrogens with zero attached hydrogens (tertiary/aromatic N) is 4. The largest absolute Gasteiger partial charge is 0.348 e. The average Bonchev–Trinajstić information content (AvgIpc) is 3.12. The molecule has 7 nitrogen and oxygen atoms in total. The fraction of sp³-hybridized carbons (Fsp3) is 0.444. The van der Waals surface area contributed by atoms with Crippen LogP contribution in [-0.4, -0.2) is 56.2 Å². The van der Waals surface area contributed by atoms with Gasteiger partial charge in [0.2, 0.25) is 5.91 Å². The monoisotopic (exact) mass is 339 g/mol. The van der Waals surface area contributed by atoms with Gasteiger partial charge in [0.1, 0.15) is 0 Å². The van der Waals surface area contributed by atoms with Gasteiger partial charge in [0.15, 0.2) is 0 Å². The third-order valence-electron chi connectivity index (χ3n) is 5.45. The molecule has 0 atom stereocenters. The van der Waals surface area contributed by atoms with Gasteiger partial charge in [0.25, 0.3) is 5.91 Å². The van der Waals surface area contributed by atoms with Crippen molar-refractivity contribution in [2.24, 2.45) is 0 Å². The summed E-state index contributed by atoms with van der Waals surface area (Å²) in [7, 11) is 0. The molecule has 0 aliphatic carbocycles. The van der Waals surface area contributed by atoms with E-state index in [9.17, 15) is 9.59 Å². The summed E-state index contributed by atoms with van der Waals surface area (Å²) in [6.07, 6.45) is 7.20. The van der Waals surface area contributed by atoms with Crippen molar-refractivity contribution in [3.8, 4) is 0 Å². The Morgan fingerprint density at radius 3 is 2.56 bits per heavy atom. The lowest BCUT2D eigenvalue weighted by molar-refractivity contribution is -0.139. The Kier molecular flexibility index (Phi) is 3.78. The van der Waals surface area contributed by atoms with E-state index in [4.69, 9.17) is 0 Å². The number of aromatic nitrogens is 3. The van der Waals surface area contributed by atoms with E-state index < -0.39 is 5.54 Å². The summed E-state index contributed by atoms with van der Waals surface area (Å²) in [5.41, 5.74) is 2.35. The second-order valence-electron chi connectivity index (χ2n) is 6.71. The molecular formula is C18H21N5O2. The third-order valence-corrected chi connectivity index (χ3v) is 5.45. The zero-order valence-electron chi connectivity index (χ0n) is 14.2. The zero-order chi connectivity index (χ0) is 17.4. The number of nitrogens with one attached hydrogen (secondary N) is 1. The van der Waals surface area contributed by atoms with E-state index in [0.717, 1.165) is 17.8 Å². The van der Waals surface area contributed by atoms with Gasteiger partial charge in [-0.3, -0.25) is 14.6 Å². The maximum absolute atomic E-state index is 12.7. The molecule has 0 unspecified atom stereocenters. The van der Waals surface area contributed by atoms with E-state index in [-0.39, 0.29) is 11.8 Å². The molecular weight excluding hydrogens is 318 g/mol. The predicted molar refractivity (Wildman–Crippen MR) is 90.7 cm³/mol. The van der Waals surface area contributed by atoms with E-state index in [1.54, 1.807) is 37.8 Å². The molecule has 7 heteroatoms. The number of imidazole rings is 1. The Hall–Kier alpha value is -2.70. The lowest BCUT2D eigenvalue weighted by Crippen LogP contribution is -2.58. The minimum Gasteiger partial charge on any atom is -0.348 e. The van der Waals surface area contributed by atoms with Gasteiger partial charge in [-0.05, 0) is 25.0 Å². The third kappa shape index (κ3) is 2.50. The van der Waals surface area contributed by atoms with Gasteiger partial charge in [-0.15, -0.1) is 0 Å². The number of fused-ring (bicyclic) bond motifs is 2. The maximum atomic E-state index is 12.7. The summed E-state index contributed by atoms with van der Waals surface area (Å²) in [5, 5.41) is 0. The van der Waals surface area contributed by atoms with Crippen LogP contribution in [0.1, 0.15) is 41.5 Å². The van der Waals surface area contributed by atoms with Gasteiger partial charge >= 0.3 is 0 Å². The first-order chi connectivity index (χ1) is 12.1. The Balaban J connectivity index is 1.59. The van der Waals surface area contributed by atoms with Gasteiger partial charge in [-0.25, -0.2) is 4.98 Å². The van der Waals surface area contributed by atoms with Gasteiger partial charge in [0.05, 0.1) is 17.6 Å². The molecule has 2 aromatic heterocycles. The quantitative estimate of drug-likeness (QED) is 0.850. The van der Waals surface area contributed by atoms with Crippen LogP contribution in [0.2, 0.25) is 0 Å². The first kappa shape index (κ1) is 15.8. The minimum atomic E-state index is -0.394. The van der Waals surface area contributed by atoms with Crippen LogP contribution >= 0.6 is 0 Å². The van der Waals surface area contributed by atoms with E-state index in [0.29, 0.717) is 38.0 Å². The Morgan fingerprint density at radius 1 is 1.16 bits per heavy atom. The minimum absolute atomic E-state index is 0.0182. The lowest BCUT2D eigenvalue weighted by Gasteiger charge is -2.50. The molecule has 1 spiro atoms. The first-order valence-corrected chi connectivity index (χ1v) is 8.62. The second kappa shape index (κ2) is 5.98. The average molecular weight is 339 g/mol. The molecule has 1 saturated heterocycles. The Labute approximate surface area is 146 Å². The standard InChI is InChI=1S/C18H21N5O2/c1-13(24)23-9-4-15-16(21-12-20-15)18(23)5-10-22(11-6-18)17(25)14-2-7-19-8-3-14/h2-3,7-8,12H,4-6,9-11H2,1H3,(H,20,21). The molecule has 2 aromatic rings. The van der Waals surface area contributed by atoms with E-state index in [2.05, 4.69) is 15.0 Å². The molecule has 1 N–H and O–H groups in total. The van der Waals surface area contributed by atoms with Gasteiger partial charge in [0, 0.05) is 56.6 Å². The van der Waals surface area contributed by atoms with Crippen molar-refractivity contribution in [2.75, 3.05) is 19.6 Å². The van der Waals surface area contributed by atoms with E-state index in [1.165, 1.54) is 0 Å². The number of H-pyrrole nitrogens is 1. The second-order valence-corrected chi connectivity index (χ2v) is 6.71. The summed E-state index contributed by atoms with van der Waals surface area (Å²) in [6, 6.07) is 3.47. The summed E-state index contributed by atoms with van der Waals surface area (Å²) >= 11 is 0. The molecule has 130 valence electrons. The topological polar surface area (TPSA) is 82.2 Å². The van der Waals surface area contributed by atoms with Crippen LogP contribution in [0.3, 0.4) is 0 Å². The van der Waals surface area contributed by atoms with Gasteiger partial charge in [-0.1, -0.05) is 0 Å². The van der Waals surface area contributed by atoms with Crippen molar-refractivity contribution >= 4 is 11.8 Å². The summed E-state index contributed by atoms with van der Waals surface area (Å²) in [4.78, 5) is 40.4. The molecule has 0 radical (unpaired) electrons. The molecule has 0 aromatic carbocycles. The van der Waals surface area contributed by atoms with Crippen LogP contribution in [0.4, 0.5) is 0 Å². The molecule has 1 fully saturated rings. The maximum Gasteiger partial charge on any atom is 0.253 e. The smallest absolute Gasteiger partial charge is 0.253 e. The number of hydrogen-bond donors (Lipinski definition) is 1. The first-order valence-electron chi connectivity index (χ1n) is 8.62. The highest BCUT2D eigenvalue weighted by Crippen LogP contribution is 2.42. The van der Waals surface area contributed by atoms with Gasteiger partial charge in [-0.2, -0.15) is 0 Å². The van der Waals surface area contributed by atoms with Crippen molar-refractivity contribution in [2.45, 2.75) is 31.7 Å². The molecule has 2 aliphatic heterocycles. The SMILES string of the molecule is CC(=O)N1CCc2[nH]cnc2C12CCN(C(=O)c1ccncc1)CC2. The molecule has 4 rings (SSSR count).